The summed E-state index contributed by atoms with van der Waals surface area (Å²) in [4.78, 5) is 51.2. The number of aliphatic carboxylic acids is 1. The van der Waals surface area contributed by atoms with Crippen molar-refractivity contribution >= 4 is 23.7 Å². The van der Waals surface area contributed by atoms with Gasteiger partial charge >= 0.3 is 17.9 Å². The van der Waals surface area contributed by atoms with Crippen LogP contribution in [0.15, 0.2) is 23.0 Å². The maximum atomic E-state index is 13.4. The van der Waals surface area contributed by atoms with E-state index in [0.29, 0.717) is 11.1 Å². The topological polar surface area (TPSA) is 177 Å². The summed E-state index contributed by atoms with van der Waals surface area (Å²) in [6, 6.07) is 0. The van der Waals surface area contributed by atoms with Crippen LogP contribution >= 0.6 is 0 Å². The first kappa shape index (κ1) is 25.9. The van der Waals surface area contributed by atoms with Crippen LogP contribution in [0.1, 0.15) is 40.5 Å². The fraction of sp³-hybridized carbons (Fsp3) is 0.692. The van der Waals surface area contributed by atoms with Gasteiger partial charge in [0.2, 0.25) is 0 Å². The zero-order valence-electron chi connectivity index (χ0n) is 21.1. The van der Waals surface area contributed by atoms with E-state index in [0.717, 1.165) is 0 Å². The minimum atomic E-state index is -2.35. The average molecular weight is 521 g/mol. The van der Waals surface area contributed by atoms with Crippen LogP contribution in [0.3, 0.4) is 0 Å². The summed E-state index contributed by atoms with van der Waals surface area (Å²) < 4.78 is 17.1. The molecular formula is C26H32O11. The van der Waals surface area contributed by atoms with Crippen molar-refractivity contribution in [3.05, 3.63) is 23.0 Å². The number of ketones is 1. The molecule has 10 atom stereocenters. The molecule has 2 unspecified atom stereocenters. The van der Waals surface area contributed by atoms with Gasteiger partial charge in [0.1, 0.15) is 18.8 Å². The second-order valence-electron chi connectivity index (χ2n) is 11.7. The predicted molar refractivity (Wildman–Crippen MR) is 123 cm³/mol. The highest BCUT2D eigenvalue weighted by Crippen LogP contribution is 2.73. The number of esters is 2. The Kier molecular flexibility index (Phi) is 5.68. The molecule has 0 radical (unpaired) electrons. The maximum absolute atomic E-state index is 13.4. The van der Waals surface area contributed by atoms with Gasteiger partial charge in [-0.1, -0.05) is 12.5 Å². The third-order valence-corrected chi connectivity index (χ3v) is 9.65. The summed E-state index contributed by atoms with van der Waals surface area (Å²) in [7, 11) is 0. The Morgan fingerprint density at radius 3 is 2.49 bits per heavy atom. The van der Waals surface area contributed by atoms with Crippen LogP contribution in [-0.2, 0) is 33.4 Å². The fourth-order valence-electron chi connectivity index (χ4n) is 8.40. The SMILES string of the molecule is CC(C)=CC(=O)OC[C@H]1C(=O)O[C@@H]2C[C@H]3C(C)=C(O)C(=O)C[C@]3(C)C3[C@@H](O)[C@H](O)C4(C(=O)O)OC[C@]32[C@@H]14. The first-order valence-electron chi connectivity index (χ1n) is 12.4. The minimum Gasteiger partial charge on any atom is -0.504 e. The molecule has 0 aromatic heterocycles. The number of fused-ring (bicyclic) bond motifs is 2. The molecule has 11 heteroatoms. The summed E-state index contributed by atoms with van der Waals surface area (Å²) in [5.74, 6) is -7.85. The van der Waals surface area contributed by atoms with Crippen molar-refractivity contribution in [2.75, 3.05) is 13.2 Å². The van der Waals surface area contributed by atoms with Gasteiger partial charge in [-0.05, 0) is 44.1 Å². The smallest absolute Gasteiger partial charge is 0.339 e. The molecule has 3 aliphatic carbocycles. The Labute approximate surface area is 213 Å². The first-order chi connectivity index (χ1) is 17.2. The zero-order chi connectivity index (χ0) is 27.2. The Balaban J connectivity index is 1.68. The normalized spacial score (nSPS) is 45.9. The molecule has 0 aromatic rings. The van der Waals surface area contributed by atoms with E-state index in [1.807, 2.05) is 0 Å². The number of hydrogen-bond donors (Lipinski definition) is 4. The summed E-state index contributed by atoms with van der Waals surface area (Å²) in [5, 5.41) is 43.6. The van der Waals surface area contributed by atoms with Gasteiger partial charge in [0.15, 0.2) is 17.1 Å². The molecule has 202 valence electrons. The van der Waals surface area contributed by atoms with E-state index in [9.17, 15) is 39.6 Å². The molecule has 0 amide bonds. The van der Waals surface area contributed by atoms with Crippen molar-refractivity contribution in [1.29, 1.82) is 0 Å². The van der Waals surface area contributed by atoms with Crippen molar-refractivity contribution in [2.24, 2.45) is 34.5 Å². The predicted octanol–water partition coefficient (Wildman–Crippen LogP) is 0.676. The molecule has 0 aromatic carbocycles. The Hall–Kier alpha value is -2.76. The van der Waals surface area contributed by atoms with E-state index in [1.165, 1.54) is 6.08 Å². The standard InChI is InChI=1S/C26H32O11/c1-10(2)5-16(28)35-8-12-19-25-9-36-26(19,23(33)34)21(31)18(30)20(25)24(4)7-14(27)17(29)11(3)13(24)6-15(25)37-22(12)32/h5,12-13,15,18-21,29-31H,6-9H2,1-4H3,(H,33,34)/t12-,13+,15-,18-,19-,20?,21+,24+,25+,26?/m1/s1. The maximum Gasteiger partial charge on any atom is 0.339 e. The molecule has 2 saturated heterocycles. The van der Waals surface area contributed by atoms with Crippen LogP contribution in [0, 0.1) is 34.5 Å². The molecule has 2 aliphatic heterocycles. The van der Waals surface area contributed by atoms with Crippen molar-refractivity contribution < 1.29 is 53.8 Å². The third-order valence-electron chi connectivity index (χ3n) is 9.65. The van der Waals surface area contributed by atoms with Crippen LogP contribution in [0.4, 0.5) is 0 Å². The molecule has 2 bridgehead atoms. The molecule has 5 rings (SSSR count). The fourth-order valence-corrected chi connectivity index (χ4v) is 8.40. The number of carboxylic acids is 1. The van der Waals surface area contributed by atoms with Crippen molar-refractivity contribution in [1.82, 2.24) is 0 Å². The van der Waals surface area contributed by atoms with Crippen LogP contribution in [0.5, 0.6) is 0 Å². The molecule has 1 spiro atoms. The molecule has 4 N–H and O–H groups in total. The van der Waals surface area contributed by atoms with Gasteiger partial charge in [-0.3, -0.25) is 9.59 Å². The number of rotatable bonds is 4. The number of carbonyl (C=O) groups is 4. The highest BCUT2D eigenvalue weighted by atomic mass is 16.6. The number of carboxylic acid groups (broad SMARTS) is 1. The molecule has 37 heavy (non-hydrogen) atoms. The van der Waals surface area contributed by atoms with E-state index in [1.54, 1.807) is 27.7 Å². The molecule has 2 heterocycles. The van der Waals surface area contributed by atoms with Crippen molar-refractivity contribution in [3.8, 4) is 0 Å². The molecular weight excluding hydrogens is 488 g/mol. The Morgan fingerprint density at radius 2 is 1.86 bits per heavy atom. The van der Waals surface area contributed by atoms with Gasteiger partial charge in [-0.2, -0.15) is 0 Å². The summed E-state index contributed by atoms with van der Waals surface area (Å²) in [5.41, 5.74) is -3.58. The number of ether oxygens (including phenoxy) is 3. The molecule has 2 saturated carbocycles. The lowest BCUT2D eigenvalue weighted by molar-refractivity contribution is -0.284. The van der Waals surface area contributed by atoms with Gasteiger partial charge in [0.25, 0.3) is 0 Å². The van der Waals surface area contributed by atoms with E-state index in [2.05, 4.69) is 0 Å². The summed E-state index contributed by atoms with van der Waals surface area (Å²) in [6.45, 7) is 6.02. The van der Waals surface area contributed by atoms with E-state index in [4.69, 9.17) is 14.2 Å². The second-order valence-corrected chi connectivity index (χ2v) is 11.7. The van der Waals surface area contributed by atoms with Gasteiger partial charge in [0.05, 0.1) is 18.6 Å². The zero-order valence-corrected chi connectivity index (χ0v) is 21.1. The van der Waals surface area contributed by atoms with Crippen LogP contribution < -0.4 is 0 Å². The lowest BCUT2D eigenvalue weighted by Gasteiger charge is -2.67. The quantitative estimate of drug-likeness (QED) is 0.303. The van der Waals surface area contributed by atoms with Gasteiger partial charge in [-0.15, -0.1) is 0 Å². The lowest BCUT2D eigenvalue weighted by atomic mass is 9.37. The Bertz CT molecular complexity index is 1150. The average Bonchev–Trinajstić information content (AvgIpc) is 3.10. The minimum absolute atomic E-state index is 0.148. The van der Waals surface area contributed by atoms with Gasteiger partial charge in [-0.25, -0.2) is 9.59 Å². The number of carbonyl (C=O) groups excluding carboxylic acids is 3. The number of aliphatic hydroxyl groups is 3. The monoisotopic (exact) mass is 520 g/mol. The highest BCUT2D eigenvalue weighted by molar-refractivity contribution is 5.95. The number of hydrogen-bond acceptors (Lipinski definition) is 10. The molecule has 11 nitrogen and oxygen atoms in total. The number of aliphatic hydroxyl groups excluding tert-OH is 3. The van der Waals surface area contributed by atoms with Crippen molar-refractivity contribution in [3.63, 3.8) is 0 Å². The number of allylic oxidation sites excluding steroid dienone is 3. The van der Waals surface area contributed by atoms with Gasteiger partial charge in [0, 0.05) is 29.7 Å². The van der Waals surface area contributed by atoms with Crippen LogP contribution in [-0.4, -0.2) is 81.2 Å². The van der Waals surface area contributed by atoms with E-state index >= 15 is 0 Å². The lowest BCUT2D eigenvalue weighted by Crippen LogP contribution is -2.78. The first-order valence-corrected chi connectivity index (χ1v) is 12.4. The summed E-state index contributed by atoms with van der Waals surface area (Å²) >= 11 is 0. The highest BCUT2D eigenvalue weighted by Gasteiger charge is 2.84. The molecule has 5 aliphatic rings. The molecule has 4 fully saturated rings. The van der Waals surface area contributed by atoms with E-state index in [-0.39, 0.29) is 25.2 Å². The van der Waals surface area contributed by atoms with Gasteiger partial charge < -0.3 is 34.6 Å². The largest absolute Gasteiger partial charge is 0.504 e. The summed E-state index contributed by atoms with van der Waals surface area (Å²) in [6.07, 6.45) is -3.23. The number of Topliss-reactive ketones (excluding diaryl/α,β-unsaturated/α-hetero) is 1. The van der Waals surface area contributed by atoms with E-state index < -0.39 is 88.7 Å². The van der Waals surface area contributed by atoms with Crippen LogP contribution in [0.2, 0.25) is 0 Å². The van der Waals surface area contributed by atoms with Crippen molar-refractivity contribution in [2.45, 2.75) is 64.4 Å². The third kappa shape index (κ3) is 3.10. The Morgan fingerprint density at radius 1 is 1.19 bits per heavy atom. The second kappa shape index (κ2) is 8.12. The van der Waals surface area contributed by atoms with Crippen LogP contribution in [0.25, 0.3) is 0 Å².